The van der Waals surface area contributed by atoms with Gasteiger partial charge in [0.15, 0.2) is 5.58 Å². The van der Waals surface area contributed by atoms with Crippen LogP contribution in [0.15, 0.2) is 40.8 Å². The van der Waals surface area contributed by atoms with Crippen LogP contribution in [0.3, 0.4) is 0 Å². The molecule has 0 saturated carbocycles. The molecule has 96 valence electrons. The van der Waals surface area contributed by atoms with Gasteiger partial charge in [-0.05, 0) is 30.3 Å². The highest BCUT2D eigenvalue weighted by atomic mass is 35.5. The quantitative estimate of drug-likeness (QED) is 0.723. The van der Waals surface area contributed by atoms with Gasteiger partial charge in [0.1, 0.15) is 11.3 Å². The summed E-state index contributed by atoms with van der Waals surface area (Å²) in [5.74, 6) is 1.16. The number of nitrogens with two attached hydrogens (primary N) is 1. The summed E-state index contributed by atoms with van der Waals surface area (Å²) in [6.45, 7) is 0. The topological polar surface area (TPSA) is 61.3 Å². The van der Waals surface area contributed by atoms with E-state index in [-0.39, 0.29) is 0 Å². The van der Waals surface area contributed by atoms with Gasteiger partial charge in [-0.1, -0.05) is 11.6 Å². The molecule has 2 N–H and O–H groups in total. The number of halogens is 1. The van der Waals surface area contributed by atoms with Crippen LogP contribution in [0.1, 0.15) is 0 Å². The first-order chi connectivity index (χ1) is 9.17. The normalized spacial score (nSPS) is 10.8. The van der Waals surface area contributed by atoms with Crippen LogP contribution in [-0.2, 0) is 0 Å². The number of methoxy groups -OCH3 is 1. The highest BCUT2D eigenvalue weighted by molar-refractivity contribution is 6.31. The van der Waals surface area contributed by atoms with E-state index in [1.807, 2.05) is 12.1 Å². The number of hydrogen-bond donors (Lipinski definition) is 1. The van der Waals surface area contributed by atoms with E-state index < -0.39 is 0 Å². The summed E-state index contributed by atoms with van der Waals surface area (Å²) in [6.07, 6.45) is 0. The summed E-state index contributed by atoms with van der Waals surface area (Å²) < 4.78 is 10.8. The Kier molecular flexibility index (Phi) is 2.80. The van der Waals surface area contributed by atoms with Gasteiger partial charge in [0, 0.05) is 16.8 Å². The molecule has 0 saturated heterocycles. The molecule has 4 nitrogen and oxygen atoms in total. The number of anilines is 1. The largest absolute Gasteiger partial charge is 0.497 e. The van der Waals surface area contributed by atoms with Crippen molar-refractivity contribution in [1.29, 1.82) is 0 Å². The fourth-order valence-electron chi connectivity index (χ4n) is 1.86. The summed E-state index contributed by atoms with van der Waals surface area (Å²) in [4.78, 5) is 4.40. The monoisotopic (exact) mass is 274 g/mol. The molecule has 2 aromatic carbocycles. The van der Waals surface area contributed by atoms with E-state index in [1.165, 1.54) is 0 Å². The van der Waals surface area contributed by atoms with Crippen molar-refractivity contribution >= 4 is 28.4 Å². The molecule has 0 unspecified atom stereocenters. The smallest absolute Gasteiger partial charge is 0.229 e. The van der Waals surface area contributed by atoms with Crippen LogP contribution >= 0.6 is 11.6 Å². The lowest BCUT2D eigenvalue weighted by atomic mass is 10.2. The molecule has 5 heteroatoms. The van der Waals surface area contributed by atoms with E-state index in [0.717, 1.165) is 5.52 Å². The average molecular weight is 275 g/mol. The molecule has 1 aromatic heterocycles. The van der Waals surface area contributed by atoms with Gasteiger partial charge in [-0.25, -0.2) is 4.98 Å². The van der Waals surface area contributed by atoms with E-state index in [1.54, 1.807) is 31.4 Å². The zero-order valence-electron chi connectivity index (χ0n) is 10.2. The van der Waals surface area contributed by atoms with Crippen LogP contribution in [-0.4, -0.2) is 12.1 Å². The molecule has 0 radical (unpaired) electrons. The van der Waals surface area contributed by atoms with Crippen LogP contribution in [0, 0.1) is 0 Å². The summed E-state index contributed by atoms with van der Waals surface area (Å²) >= 11 is 5.97. The molecule has 19 heavy (non-hydrogen) atoms. The number of rotatable bonds is 2. The third-order valence-electron chi connectivity index (χ3n) is 2.84. The highest BCUT2D eigenvalue weighted by Gasteiger charge is 2.12. The molecule has 1 heterocycles. The Labute approximate surface area is 114 Å². The minimum absolute atomic E-state index is 0.447. The van der Waals surface area contributed by atoms with Crippen molar-refractivity contribution in [3.05, 3.63) is 41.4 Å². The molecule has 0 spiro atoms. The number of fused-ring (bicyclic) bond motifs is 1. The zero-order chi connectivity index (χ0) is 13.4. The molecule has 0 aliphatic rings. The lowest BCUT2D eigenvalue weighted by molar-refractivity contribution is 0.414. The van der Waals surface area contributed by atoms with Crippen LogP contribution in [0.25, 0.3) is 22.6 Å². The van der Waals surface area contributed by atoms with Gasteiger partial charge >= 0.3 is 0 Å². The highest BCUT2D eigenvalue weighted by Crippen LogP contribution is 2.31. The summed E-state index contributed by atoms with van der Waals surface area (Å²) in [5.41, 5.74) is 8.56. The number of aromatic nitrogens is 1. The molecular weight excluding hydrogens is 264 g/mol. The second-order valence-electron chi connectivity index (χ2n) is 4.08. The maximum Gasteiger partial charge on any atom is 0.229 e. The van der Waals surface area contributed by atoms with Crippen molar-refractivity contribution in [2.24, 2.45) is 0 Å². The number of oxazole rings is 1. The van der Waals surface area contributed by atoms with E-state index in [4.69, 9.17) is 26.5 Å². The van der Waals surface area contributed by atoms with Crippen LogP contribution in [0.4, 0.5) is 5.69 Å². The van der Waals surface area contributed by atoms with Crippen LogP contribution in [0.5, 0.6) is 5.75 Å². The Morgan fingerprint density at radius 1 is 1.21 bits per heavy atom. The molecule has 0 atom stereocenters. The van der Waals surface area contributed by atoms with E-state index in [2.05, 4.69) is 4.98 Å². The van der Waals surface area contributed by atoms with Crippen LogP contribution < -0.4 is 10.5 Å². The molecule has 0 amide bonds. The minimum atomic E-state index is 0.447. The Morgan fingerprint density at radius 3 is 2.84 bits per heavy atom. The number of benzene rings is 2. The number of ether oxygens (including phenoxy) is 1. The van der Waals surface area contributed by atoms with Gasteiger partial charge in [-0.15, -0.1) is 0 Å². The Bertz CT molecular complexity index is 752. The fraction of sp³-hybridized carbons (Fsp3) is 0.0714. The van der Waals surface area contributed by atoms with Gasteiger partial charge in [0.2, 0.25) is 5.89 Å². The lowest BCUT2D eigenvalue weighted by Gasteiger charge is -2.00. The van der Waals surface area contributed by atoms with Gasteiger partial charge in [0.25, 0.3) is 0 Å². The molecule has 0 bridgehead atoms. The van der Waals surface area contributed by atoms with Crippen molar-refractivity contribution in [2.45, 2.75) is 0 Å². The van der Waals surface area contributed by atoms with Gasteiger partial charge in [0.05, 0.1) is 12.7 Å². The first-order valence-electron chi connectivity index (χ1n) is 5.67. The van der Waals surface area contributed by atoms with Crippen molar-refractivity contribution in [1.82, 2.24) is 4.98 Å². The number of nitrogens with zero attached hydrogens (tertiary/aromatic N) is 1. The van der Waals surface area contributed by atoms with Gasteiger partial charge in [-0.2, -0.15) is 0 Å². The van der Waals surface area contributed by atoms with Crippen molar-refractivity contribution in [3.63, 3.8) is 0 Å². The van der Waals surface area contributed by atoms with Crippen molar-refractivity contribution < 1.29 is 9.15 Å². The standard InChI is InChI=1S/C14H11ClN2O2/c1-18-9-3-5-12-13(7-9)19-14(17-12)10-6-8(15)2-4-11(10)16/h2-7H,16H2,1H3. The first kappa shape index (κ1) is 11.9. The van der Waals surface area contributed by atoms with Gasteiger partial charge in [-0.3, -0.25) is 0 Å². The SMILES string of the molecule is COc1ccc2nc(-c3cc(Cl)ccc3N)oc2c1. The number of nitrogen functional groups attached to an aromatic ring is 1. The second-order valence-corrected chi connectivity index (χ2v) is 4.52. The maximum absolute atomic E-state index is 5.97. The van der Waals surface area contributed by atoms with E-state index >= 15 is 0 Å². The van der Waals surface area contributed by atoms with E-state index in [9.17, 15) is 0 Å². The molecule has 0 aliphatic carbocycles. The van der Waals surface area contributed by atoms with Gasteiger partial charge < -0.3 is 14.9 Å². The van der Waals surface area contributed by atoms with Crippen molar-refractivity contribution in [3.8, 4) is 17.2 Å². The zero-order valence-corrected chi connectivity index (χ0v) is 10.9. The Balaban J connectivity index is 2.17. The Morgan fingerprint density at radius 2 is 2.05 bits per heavy atom. The first-order valence-corrected chi connectivity index (χ1v) is 6.05. The average Bonchev–Trinajstić information content (AvgIpc) is 2.83. The fourth-order valence-corrected chi connectivity index (χ4v) is 2.03. The number of hydrogen-bond acceptors (Lipinski definition) is 4. The minimum Gasteiger partial charge on any atom is -0.497 e. The third kappa shape index (κ3) is 2.11. The predicted molar refractivity (Wildman–Crippen MR) is 75.4 cm³/mol. The maximum atomic E-state index is 5.97. The third-order valence-corrected chi connectivity index (χ3v) is 3.08. The second kappa shape index (κ2) is 4.48. The summed E-state index contributed by atoms with van der Waals surface area (Å²) in [6, 6.07) is 10.6. The molecule has 0 aliphatic heterocycles. The molecule has 3 rings (SSSR count). The van der Waals surface area contributed by atoms with E-state index in [0.29, 0.717) is 33.5 Å². The molecule has 0 fully saturated rings. The summed E-state index contributed by atoms with van der Waals surface area (Å²) in [5, 5.41) is 0.587. The predicted octanol–water partition coefficient (Wildman–Crippen LogP) is 3.74. The Hall–Kier alpha value is -2.20. The van der Waals surface area contributed by atoms with Crippen molar-refractivity contribution in [2.75, 3.05) is 12.8 Å². The van der Waals surface area contributed by atoms with Crippen LogP contribution in [0.2, 0.25) is 5.02 Å². The summed E-state index contributed by atoms with van der Waals surface area (Å²) in [7, 11) is 1.60. The lowest BCUT2D eigenvalue weighted by Crippen LogP contribution is -1.89. The molecular formula is C14H11ClN2O2. The molecule has 3 aromatic rings.